The highest BCUT2D eigenvalue weighted by atomic mass is 19.4. The van der Waals surface area contributed by atoms with Crippen LogP contribution in [0.2, 0.25) is 0 Å². The van der Waals surface area contributed by atoms with Gasteiger partial charge in [0.25, 0.3) is 0 Å². The van der Waals surface area contributed by atoms with Crippen molar-refractivity contribution in [2.75, 3.05) is 19.6 Å². The van der Waals surface area contributed by atoms with E-state index in [0.29, 0.717) is 12.3 Å². The van der Waals surface area contributed by atoms with Crippen LogP contribution in [-0.4, -0.2) is 42.7 Å². The van der Waals surface area contributed by atoms with Crippen LogP contribution in [0.5, 0.6) is 0 Å². The number of halogens is 3. The number of hydrogen-bond donors (Lipinski definition) is 1. The highest BCUT2D eigenvalue weighted by molar-refractivity contribution is 5.76. The van der Waals surface area contributed by atoms with Gasteiger partial charge in [0.15, 0.2) is 0 Å². The molecule has 1 aliphatic heterocycles. The summed E-state index contributed by atoms with van der Waals surface area (Å²) < 4.78 is 37.3. The maximum atomic E-state index is 12.4. The largest absolute Gasteiger partial charge is 0.406 e. The van der Waals surface area contributed by atoms with Crippen LogP contribution >= 0.6 is 0 Å². The van der Waals surface area contributed by atoms with E-state index in [1.54, 1.807) is 13.8 Å². The molecule has 1 fully saturated rings. The smallest absolute Gasteiger partial charge is 0.331 e. The first kappa shape index (κ1) is 16.3. The molecule has 0 radical (unpaired) electrons. The summed E-state index contributed by atoms with van der Waals surface area (Å²) in [6.45, 7) is 3.95. The van der Waals surface area contributed by atoms with Crippen LogP contribution in [0, 0.1) is 5.92 Å². The first-order valence-corrected chi connectivity index (χ1v) is 6.86. The average Bonchev–Trinajstić information content (AvgIpc) is 2.33. The molecule has 6 heteroatoms. The molecule has 1 saturated heterocycles. The SMILES string of the molecule is CC(C)N(CC(F)(F)F)C(=O)CCC1CCCNC1. The number of alkyl halides is 3. The van der Waals surface area contributed by atoms with Crippen molar-refractivity contribution in [3.05, 3.63) is 0 Å². The summed E-state index contributed by atoms with van der Waals surface area (Å²) in [7, 11) is 0. The van der Waals surface area contributed by atoms with Crippen molar-refractivity contribution in [1.82, 2.24) is 10.2 Å². The quantitative estimate of drug-likeness (QED) is 0.839. The van der Waals surface area contributed by atoms with Gasteiger partial charge in [-0.1, -0.05) is 0 Å². The number of rotatable bonds is 5. The van der Waals surface area contributed by atoms with E-state index >= 15 is 0 Å². The van der Waals surface area contributed by atoms with Gasteiger partial charge in [-0.3, -0.25) is 4.79 Å². The Bertz CT molecular complexity index is 286. The zero-order valence-electron chi connectivity index (χ0n) is 11.6. The molecule has 1 heterocycles. The van der Waals surface area contributed by atoms with Crippen molar-refractivity contribution >= 4 is 5.91 Å². The van der Waals surface area contributed by atoms with Gasteiger partial charge in [0.05, 0.1) is 0 Å². The summed E-state index contributed by atoms with van der Waals surface area (Å²) >= 11 is 0. The Hall–Kier alpha value is -0.780. The third-order valence-corrected chi connectivity index (χ3v) is 3.46. The molecule has 0 aromatic carbocycles. The summed E-state index contributed by atoms with van der Waals surface area (Å²) in [6, 6.07) is -0.418. The normalized spacial score (nSPS) is 20.6. The molecule has 0 aromatic heterocycles. The molecule has 1 N–H and O–H groups in total. The van der Waals surface area contributed by atoms with Crippen LogP contribution in [0.25, 0.3) is 0 Å². The Morgan fingerprint density at radius 1 is 1.42 bits per heavy atom. The van der Waals surface area contributed by atoms with E-state index in [9.17, 15) is 18.0 Å². The minimum Gasteiger partial charge on any atom is -0.331 e. The topological polar surface area (TPSA) is 32.3 Å². The molecular formula is C13H23F3N2O. The second kappa shape index (κ2) is 7.12. The third kappa shape index (κ3) is 6.27. The van der Waals surface area contributed by atoms with Crippen LogP contribution in [0.1, 0.15) is 39.5 Å². The Morgan fingerprint density at radius 3 is 2.58 bits per heavy atom. The lowest BCUT2D eigenvalue weighted by molar-refractivity contribution is -0.164. The van der Waals surface area contributed by atoms with E-state index in [2.05, 4.69) is 5.32 Å². The van der Waals surface area contributed by atoms with Crippen molar-refractivity contribution in [2.24, 2.45) is 5.92 Å². The fraction of sp³-hybridized carbons (Fsp3) is 0.923. The summed E-state index contributed by atoms with van der Waals surface area (Å²) in [4.78, 5) is 12.8. The summed E-state index contributed by atoms with van der Waals surface area (Å²) in [5.41, 5.74) is 0. The minimum absolute atomic E-state index is 0.209. The van der Waals surface area contributed by atoms with Crippen molar-refractivity contribution in [1.29, 1.82) is 0 Å². The Balaban J connectivity index is 2.43. The number of nitrogens with zero attached hydrogens (tertiary/aromatic N) is 1. The number of hydrogen-bond acceptors (Lipinski definition) is 2. The fourth-order valence-electron chi connectivity index (χ4n) is 2.39. The van der Waals surface area contributed by atoms with Crippen molar-refractivity contribution in [2.45, 2.75) is 51.7 Å². The highest BCUT2D eigenvalue weighted by Gasteiger charge is 2.34. The van der Waals surface area contributed by atoms with Crippen LogP contribution in [0.3, 0.4) is 0 Å². The number of nitrogens with one attached hydrogen (secondary N) is 1. The second-order valence-electron chi connectivity index (χ2n) is 5.48. The number of carbonyl (C=O) groups is 1. The maximum absolute atomic E-state index is 12.4. The molecule has 0 spiro atoms. The van der Waals surface area contributed by atoms with Crippen molar-refractivity contribution in [3.8, 4) is 0 Å². The minimum atomic E-state index is -4.33. The predicted octanol–water partition coefficient (Wildman–Crippen LogP) is 2.57. The number of piperidine rings is 1. The monoisotopic (exact) mass is 280 g/mol. The van der Waals surface area contributed by atoms with Crippen molar-refractivity contribution < 1.29 is 18.0 Å². The van der Waals surface area contributed by atoms with E-state index in [1.165, 1.54) is 0 Å². The summed E-state index contributed by atoms with van der Waals surface area (Å²) in [5, 5.41) is 3.24. The number of amides is 1. The molecular weight excluding hydrogens is 257 g/mol. The van der Waals surface area contributed by atoms with Gasteiger partial charge in [0.2, 0.25) is 5.91 Å². The van der Waals surface area contributed by atoms with Gasteiger partial charge < -0.3 is 10.2 Å². The van der Waals surface area contributed by atoms with Gasteiger partial charge in [0, 0.05) is 12.5 Å². The number of carbonyl (C=O) groups excluding carboxylic acids is 1. The molecule has 0 aromatic rings. The summed E-state index contributed by atoms with van der Waals surface area (Å²) in [5.74, 6) is 0.0236. The van der Waals surface area contributed by atoms with Crippen LogP contribution < -0.4 is 5.32 Å². The Labute approximate surface area is 112 Å². The Morgan fingerprint density at radius 2 is 2.11 bits per heavy atom. The molecule has 1 amide bonds. The first-order valence-electron chi connectivity index (χ1n) is 6.86. The zero-order chi connectivity index (χ0) is 14.5. The van der Waals surface area contributed by atoms with E-state index in [1.807, 2.05) is 0 Å². The van der Waals surface area contributed by atoms with Gasteiger partial charge in [-0.15, -0.1) is 0 Å². The standard InChI is InChI=1S/C13H23F3N2O/c1-10(2)18(9-13(14,15)16)12(19)6-5-11-4-3-7-17-8-11/h10-11,17H,3-9H2,1-2H3. The molecule has 19 heavy (non-hydrogen) atoms. The highest BCUT2D eigenvalue weighted by Crippen LogP contribution is 2.21. The molecule has 3 nitrogen and oxygen atoms in total. The average molecular weight is 280 g/mol. The molecule has 0 saturated carbocycles. The van der Waals surface area contributed by atoms with Gasteiger partial charge in [0.1, 0.15) is 6.54 Å². The fourth-order valence-corrected chi connectivity index (χ4v) is 2.39. The van der Waals surface area contributed by atoms with Gasteiger partial charge in [-0.05, 0) is 52.1 Å². The van der Waals surface area contributed by atoms with E-state index < -0.39 is 24.7 Å². The first-order chi connectivity index (χ1) is 8.79. The molecule has 0 aliphatic carbocycles. The van der Waals surface area contributed by atoms with E-state index in [4.69, 9.17) is 0 Å². The molecule has 1 rings (SSSR count). The molecule has 0 bridgehead atoms. The third-order valence-electron chi connectivity index (χ3n) is 3.46. The van der Waals surface area contributed by atoms with E-state index in [0.717, 1.165) is 30.8 Å². The molecule has 1 unspecified atom stereocenters. The Kier molecular flexibility index (Phi) is 6.10. The molecule has 112 valence electrons. The van der Waals surface area contributed by atoms with Crippen LogP contribution in [0.4, 0.5) is 13.2 Å². The second-order valence-corrected chi connectivity index (χ2v) is 5.48. The van der Waals surface area contributed by atoms with Crippen LogP contribution in [0.15, 0.2) is 0 Å². The van der Waals surface area contributed by atoms with Gasteiger partial charge in [-0.2, -0.15) is 13.2 Å². The van der Waals surface area contributed by atoms with Gasteiger partial charge in [-0.25, -0.2) is 0 Å². The van der Waals surface area contributed by atoms with Gasteiger partial charge >= 0.3 is 6.18 Å². The molecule has 1 atom stereocenters. The zero-order valence-corrected chi connectivity index (χ0v) is 11.6. The van der Waals surface area contributed by atoms with Crippen molar-refractivity contribution in [3.63, 3.8) is 0 Å². The lowest BCUT2D eigenvalue weighted by Crippen LogP contribution is -2.43. The maximum Gasteiger partial charge on any atom is 0.406 e. The predicted molar refractivity (Wildman–Crippen MR) is 67.7 cm³/mol. The molecule has 1 aliphatic rings. The van der Waals surface area contributed by atoms with Crippen LogP contribution in [-0.2, 0) is 4.79 Å². The lowest BCUT2D eigenvalue weighted by Gasteiger charge is -2.29. The van der Waals surface area contributed by atoms with E-state index in [-0.39, 0.29) is 6.42 Å². The summed E-state index contributed by atoms with van der Waals surface area (Å²) in [6.07, 6.45) is -1.31. The lowest BCUT2D eigenvalue weighted by atomic mass is 9.94.